The lowest BCUT2D eigenvalue weighted by molar-refractivity contribution is 0.00794. The van der Waals surface area contributed by atoms with Gasteiger partial charge >= 0.3 is 6.03 Å². The molecule has 4 nitrogen and oxygen atoms in total. The zero-order chi connectivity index (χ0) is 9.42. The topological polar surface area (TPSA) is 55.6 Å². The van der Waals surface area contributed by atoms with Crippen molar-refractivity contribution in [2.24, 2.45) is 5.73 Å². The van der Waals surface area contributed by atoms with Gasteiger partial charge in [0.25, 0.3) is 0 Å². The molecule has 2 rings (SSSR count). The number of carbonyl (C=O) groups excluding carboxylic acids is 1. The van der Waals surface area contributed by atoms with E-state index in [0.29, 0.717) is 12.3 Å². The Balaban J connectivity index is 2.30. The largest absolute Gasteiger partial charge is 0.375 e. The van der Waals surface area contributed by atoms with Crippen LogP contribution in [0.5, 0.6) is 5.75 Å². The second-order valence-corrected chi connectivity index (χ2v) is 3.63. The van der Waals surface area contributed by atoms with Crippen LogP contribution in [-0.2, 0) is 6.54 Å². The zero-order valence-electron chi connectivity index (χ0n) is 6.66. The highest BCUT2D eigenvalue weighted by molar-refractivity contribution is 9.10. The van der Waals surface area contributed by atoms with E-state index in [-0.39, 0.29) is 0 Å². The number of hydrogen-bond donors (Lipinski definition) is 1. The molecular formula is C8H7BrN2O2. The number of fused-ring (bicyclic) bond motifs is 1. The molecule has 0 saturated carbocycles. The van der Waals surface area contributed by atoms with E-state index in [2.05, 4.69) is 15.9 Å². The van der Waals surface area contributed by atoms with Crippen molar-refractivity contribution in [1.29, 1.82) is 0 Å². The lowest BCUT2D eigenvalue weighted by Gasteiger charge is -2.09. The molecule has 1 heterocycles. The number of nitrogens with zero attached hydrogens (tertiary/aromatic N) is 1. The summed E-state index contributed by atoms with van der Waals surface area (Å²) in [6.07, 6.45) is 0. The maximum atomic E-state index is 10.8. The molecule has 0 radical (unpaired) electrons. The van der Waals surface area contributed by atoms with Crippen molar-refractivity contribution in [2.75, 3.05) is 0 Å². The minimum atomic E-state index is -0.577. The number of rotatable bonds is 0. The summed E-state index contributed by atoms with van der Waals surface area (Å²) in [6, 6.07) is 4.97. The van der Waals surface area contributed by atoms with Gasteiger partial charge in [-0.15, -0.1) is 0 Å². The number of hydroxylamine groups is 2. The summed E-state index contributed by atoms with van der Waals surface area (Å²) < 4.78 is 0.959. The average Bonchev–Trinajstić information content (AvgIpc) is 2.46. The summed E-state index contributed by atoms with van der Waals surface area (Å²) in [5.41, 5.74) is 6.02. The Morgan fingerprint density at radius 3 is 3.08 bits per heavy atom. The minimum Gasteiger partial charge on any atom is -0.375 e. The van der Waals surface area contributed by atoms with Gasteiger partial charge < -0.3 is 10.6 Å². The number of halogens is 1. The first kappa shape index (κ1) is 8.37. The lowest BCUT2D eigenvalue weighted by atomic mass is 10.2. The Kier molecular flexibility index (Phi) is 1.88. The van der Waals surface area contributed by atoms with Crippen molar-refractivity contribution < 1.29 is 9.63 Å². The van der Waals surface area contributed by atoms with Crippen LogP contribution < -0.4 is 10.6 Å². The highest BCUT2D eigenvalue weighted by Gasteiger charge is 2.23. The van der Waals surface area contributed by atoms with Gasteiger partial charge in [-0.25, -0.2) is 4.79 Å². The predicted octanol–water partition coefficient (Wildman–Crippen LogP) is 1.64. The van der Waals surface area contributed by atoms with Crippen molar-refractivity contribution in [3.63, 3.8) is 0 Å². The van der Waals surface area contributed by atoms with Gasteiger partial charge in [0, 0.05) is 10.0 Å². The molecule has 2 N–H and O–H groups in total. The van der Waals surface area contributed by atoms with Crippen LogP contribution in [0.25, 0.3) is 0 Å². The highest BCUT2D eigenvalue weighted by atomic mass is 79.9. The Morgan fingerprint density at radius 1 is 1.62 bits per heavy atom. The average molecular weight is 243 g/mol. The first-order valence-electron chi connectivity index (χ1n) is 3.70. The van der Waals surface area contributed by atoms with Crippen LogP contribution in [0.15, 0.2) is 22.7 Å². The van der Waals surface area contributed by atoms with Gasteiger partial charge in [0.1, 0.15) is 0 Å². The third-order valence-corrected chi connectivity index (χ3v) is 2.28. The van der Waals surface area contributed by atoms with Crippen LogP contribution in [0.3, 0.4) is 0 Å². The van der Waals surface area contributed by atoms with Crippen molar-refractivity contribution in [3.8, 4) is 5.75 Å². The number of carbonyl (C=O) groups is 1. The summed E-state index contributed by atoms with van der Waals surface area (Å²) in [5.74, 6) is 0.682. The van der Waals surface area contributed by atoms with E-state index >= 15 is 0 Å². The van der Waals surface area contributed by atoms with Crippen LogP contribution in [0.4, 0.5) is 4.79 Å². The smallest absolute Gasteiger partial charge is 0.348 e. The monoisotopic (exact) mass is 242 g/mol. The molecular weight excluding hydrogens is 236 g/mol. The second-order valence-electron chi connectivity index (χ2n) is 2.72. The maximum absolute atomic E-state index is 10.8. The van der Waals surface area contributed by atoms with Gasteiger partial charge in [-0.05, 0) is 18.2 Å². The van der Waals surface area contributed by atoms with Crippen LogP contribution in [-0.4, -0.2) is 11.1 Å². The number of urea groups is 1. The van der Waals surface area contributed by atoms with Gasteiger partial charge in [-0.2, -0.15) is 5.06 Å². The van der Waals surface area contributed by atoms with E-state index in [1.165, 1.54) is 0 Å². The predicted molar refractivity (Wildman–Crippen MR) is 49.9 cm³/mol. The van der Waals surface area contributed by atoms with E-state index in [9.17, 15) is 4.79 Å². The van der Waals surface area contributed by atoms with Crippen molar-refractivity contribution in [1.82, 2.24) is 5.06 Å². The minimum absolute atomic E-state index is 0.407. The number of amides is 2. The normalized spacial score (nSPS) is 13.8. The number of nitrogens with two attached hydrogens (primary N) is 1. The summed E-state index contributed by atoms with van der Waals surface area (Å²) in [6.45, 7) is 0.407. The quantitative estimate of drug-likeness (QED) is 0.752. The molecule has 1 aliphatic heterocycles. The summed E-state index contributed by atoms with van der Waals surface area (Å²) in [7, 11) is 0. The van der Waals surface area contributed by atoms with Crippen molar-refractivity contribution in [3.05, 3.63) is 28.2 Å². The standard InChI is InChI=1S/C8H7BrN2O2/c9-6-1-2-7-5(3-6)4-11(13-7)8(10)12/h1-3H,4H2,(H2,10,12). The lowest BCUT2D eigenvalue weighted by Crippen LogP contribution is -2.34. The number of benzene rings is 1. The van der Waals surface area contributed by atoms with Crippen LogP contribution in [0.1, 0.15) is 5.56 Å². The Bertz CT molecular complexity index is 367. The molecule has 5 heteroatoms. The molecule has 68 valence electrons. The number of primary amides is 1. The molecule has 0 spiro atoms. The molecule has 13 heavy (non-hydrogen) atoms. The van der Waals surface area contributed by atoms with E-state index in [4.69, 9.17) is 10.6 Å². The Hall–Kier alpha value is -1.23. The third-order valence-electron chi connectivity index (χ3n) is 1.79. The SMILES string of the molecule is NC(=O)N1Cc2cc(Br)ccc2O1. The molecule has 2 amide bonds. The van der Waals surface area contributed by atoms with E-state index < -0.39 is 6.03 Å². The highest BCUT2D eigenvalue weighted by Crippen LogP contribution is 2.30. The Labute approximate surface area is 83.4 Å². The molecule has 0 aliphatic carbocycles. The van der Waals surface area contributed by atoms with Crippen molar-refractivity contribution in [2.45, 2.75) is 6.54 Å². The fraction of sp³-hybridized carbons (Fsp3) is 0.125. The zero-order valence-corrected chi connectivity index (χ0v) is 8.24. The van der Waals surface area contributed by atoms with Crippen LogP contribution in [0.2, 0.25) is 0 Å². The molecule has 0 aromatic heterocycles. The first-order valence-corrected chi connectivity index (χ1v) is 4.49. The van der Waals surface area contributed by atoms with Gasteiger partial charge in [0.2, 0.25) is 0 Å². The number of hydrogen-bond acceptors (Lipinski definition) is 2. The first-order chi connectivity index (χ1) is 6.16. The molecule has 0 saturated heterocycles. The van der Waals surface area contributed by atoms with Crippen molar-refractivity contribution >= 4 is 22.0 Å². The summed E-state index contributed by atoms with van der Waals surface area (Å²) in [4.78, 5) is 15.9. The van der Waals surface area contributed by atoms with Gasteiger partial charge in [0.05, 0.1) is 6.54 Å². The van der Waals surface area contributed by atoms with E-state index in [0.717, 1.165) is 15.1 Å². The van der Waals surface area contributed by atoms with Gasteiger partial charge in [-0.3, -0.25) is 0 Å². The van der Waals surface area contributed by atoms with E-state index in [1.54, 1.807) is 6.07 Å². The van der Waals surface area contributed by atoms with Crippen LogP contribution in [0, 0.1) is 0 Å². The molecule has 1 aromatic rings. The maximum Gasteiger partial charge on any atom is 0.348 e. The summed E-state index contributed by atoms with van der Waals surface area (Å²) in [5, 5.41) is 1.12. The van der Waals surface area contributed by atoms with Crippen LogP contribution >= 0.6 is 15.9 Å². The van der Waals surface area contributed by atoms with Gasteiger partial charge in [-0.1, -0.05) is 15.9 Å². The summed E-state index contributed by atoms with van der Waals surface area (Å²) >= 11 is 3.33. The molecule has 0 unspecified atom stereocenters. The van der Waals surface area contributed by atoms with Gasteiger partial charge in [0.15, 0.2) is 5.75 Å². The fourth-order valence-electron chi connectivity index (χ4n) is 1.19. The molecule has 1 aromatic carbocycles. The Morgan fingerprint density at radius 2 is 2.38 bits per heavy atom. The second kappa shape index (κ2) is 2.92. The third kappa shape index (κ3) is 1.47. The molecule has 1 aliphatic rings. The van der Waals surface area contributed by atoms with E-state index in [1.807, 2.05) is 12.1 Å². The fourth-order valence-corrected chi connectivity index (χ4v) is 1.60. The molecule has 0 atom stereocenters. The molecule has 0 fully saturated rings. The molecule has 0 bridgehead atoms.